The lowest BCUT2D eigenvalue weighted by atomic mass is 10.1. The van der Waals surface area contributed by atoms with Crippen LogP contribution in [0, 0.1) is 6.92 Å². The summed E-state index contributed by atoms with van der Waals surface area (Å²) < 4.78 is 4.86. The van der Waals surface area contributed by atoms with Crippen LogP contribution in [0.5, 0.6) is 0 Å². The van der Waals surface area contributed by atoms with Crippen LogP contribution >= 0.6 is 22.7 Å². The van der Waals surface area contributed by atoms with Gasteiger partial charge in [-0.1, -0.05) is 6.07 Å². The van der Waals surface area contributed by atoms with Gasteiger partial charge in [-0.2, -0.15) is 0 Å². The lowest BCUT2D eigenvalue weighted by molar-refractivity contribution is 0.0601. The summed E-state index contributed by atoms with van der Waals surface area (Å²) in [5.41, 5.74) is 0.807. The Labute approximate surface area is 159 Å². The van der Waals surface area contributed by atoms with Crippen molar-refractivity contribution in [1.82, 2.24) is 4.90 Å². The van der Waals surface area contributed by atoms with Crippen molar-refractivity contribution in [1.29, 1.82) is 0 Å². The number of likely N-dealkylation sites (tertiary alicyclic amines) is 1. The Kier molecular flexibility index (Phi) is 5.73. The molecule has 3 heterocycles. The van der Waals surface area contributed by atoms with Crippen LogP contribution in [0.4, 0.5) is 5.00 Å². The van der Waals surface area contributed by atoms with Gasteiger partial charge in [-0.3, -0.25) is 9.59 Å². The summed E-state index contributed by atoms with van der Waals surface area (Å²) in [5.74, 6) is -0.949. The lowest BCUT2D eigenvalue weighted by Gasteiger charge is -2.26. The van der Waals surface area contributed by atoms with E-state index in [-0.39, 0.29) is 17.4 Å². The van der Waals surface area contributed by atoms with E-state index in [4.69, 9.17) is 4.74 Å². The van der Waals surface area contributed by atoms with Crippen LogP contribution in [0.25, 0.3) is 0 Å². The molecule has 0 aliphatic carbocycles. The zero-order valence-corrected chi connectivity index (χ0v) is 16.3. The Balaban J connectivity index is 1.93. The van der Waals surface area contributed by atoms with Gasteiger partial charge in [0.1, 0.15) is 5.00 Å². The zero-order valence-electron chi connectivity index (χ0n) is 14.7. The number of rotatable bonds is 4. The number of methoxy groups -OCH3 is 1. The minimum absolute atomic E-state index is 0.0889. The highest BCUT2D eigenvalue weighted by Gasteiger charge is 2.29. The molecule has 138 valence electrons. The first-order chi connectivity index (χ1) is 12.5. The Hall–Kier alpha value is -2.19. The van der Waals surface area contributed by atoms with Crippen LogP contribution in [0.15, 0.2) is 17.5 Å². The van der Waals surface area contributed by atoms with Crippen molar-refractivity contribution in [2.75, 3.05) is 25.5 Å². The fourth-order valence-corrected chi connectivity index (χ4v) is 4.74. The van der Waals surface area contributed by atoms with Gasteiger partial charge in [0.15, 0.2) is 0 Å². The van der Waals surface area contributed by atoms with Crippen LogP contribution in [-0.2, 0) is 4.74 Å². The minimum Gasteiger partial charge on any atom is -0.465 e. The minimum atomic E-state index is -0.557. The maximum Gasteiger partial charge on any atom is 0.341 e. The highest BCUT2D eigenvalue weighted by molar-refractivity contribution is 7.19. The van der Waals surface area contributed by atoms with E-state index in [1.54, 1.807) is 24.4 Å². The number of ether oxygens (including phenoxy) is 1. The molecule has 1 fully saturated rings. The van der Waals surface area contributed by atoms with Crippen molar-refractivity contribution in [3.8, 4) is 0 Å². The molecular weight excluding hydrogens is 372 g/mol. The van der Waals surface area contributed by atoms with Crippen LogP contribution in [0.1, 0.15) is 54.5 Å². The third-order valence-corrected chi connectivity index (χ3v) is 6.41. The summed E-state index contributed by atoms with van der Waals surface area (Å²) in [6.45, 7) is 3.17. The van der Waals surface area contributed by atoms with Gasteiger partial charge in [0.25, 0.3) is 11.8 Å². The highest BCUT2D eigenvalue weighted by atomic mass is 32.1. The second kappa shape index (κ2) is 8.01. The van der Waals surface area contributed by atoms with Gasteiger partial charge < -0.3 is 15.0 Å². The van der Waals surface area contributed by atoms with Gasteiger partial charge in [-0.15, -0.1) is 22.7 Å². The molecule has 1 aliphatic heterocycles. The number of anilines is 1. The fourth-order valence-electron chi connectivity index (χ4n) is 2.97. The third-order valence-electron chi connectivity index (χ3n) is 4.35. The van der Waals surface area contributed by atoms with Gasteiger partial charge in [-0.25, -0.2) is 4.79 Å². The second-order valence-corrected chi connectivity index (χ2v) is 8.00. The van der Waals surface area contributed by atoms with Crippen molar-refractivity contribution < 1.29 is 19.1 Å². The molecule has 0 bridgehead atoms. The van der Waals surface area contributed by atoms with Gasteiger partial charge in [0.2, 0.25) is 0 Å². The second-order valence-electron chi connectivity index (χ2n) is 6.04. The third kappa shape index (κ3) is 3.66. The molecule has 0 atom stereocenters. The first-order valence-corrected chi connectivity index (χ1v) is 10.1. The predicted molar refractivity (Wildman–Crippen MR) is 102 cm³/mol. The molecule has 2 aromatic rings. The Morgan fingerprint density at radius 2 is 1.92 bits per heavy atom. The van der Waals surface area contributed by atoms with E-state index in [2.05, 4.69) is 5.32 Å². The van der Waals surface area contributed by atoms with Crippen molar-refractivity contribution in [2.24, 2.45) is 0 Å². The molecule has 0 saturated carbocycles. The Morgan fingerprint density at radius 1 is 1.19 bits per heavy atom. The summed E-state index contributed by atoms with van der Waals surface area (Å²) in [6.07, 6.45) is 3.10. The van der Waals surface area contributed by atoms with Crippen molar-refractivity contribution in [2.45, 2.75) is 26.2 Å². The van der Waals surface area contributed by atoms with E-state index in [0.29, 0.717) is 20.3 Å². The summed E-state index contributed by atoms with van der Waals surface area (Å²) in [7, 11) is 1.29. The summed E-state index contributed by atoms with van der Waals surface area (Å²) in [4.78, 5) is 40.4. The number of piperidine rings is 1. The average Bonchev–Trinajstić information content (AvgIpc) is 3.30. The zero-order chi connectivity index (χ0) is 18.7. The number of nitrogens with zero attached hydrogens (tertiary/aromatic N) is 1. The van der Waals surface area contributed by atoms with Crippen LogP contribution in [0.2, 0.25) is 0 Å². The van der Waals surface area contributed by atoms with Gasteiger partial charge >= 0.3 is 5.97 Å². The molecule has 0 spiro atoms. The first-order valence-electron chi connectivity index (χ1n) is 8.38. The van der Waals surface area contributed by atoms with E-state index in [0.717, 1.165) is 43.7 Å². The van der Waals surface area contributed by atoms with Crippen LogP contribution in [-0.4, -0.2) is 42.9 Å². The number of carbonyl (C=O) groups excluding carboxylic acids is 3. The summed E-state index contributed by atoms with van der Waals surface area (Å²) >= 11 is 2.45. The van der Waals surface area contributed by atoms with Crippen LogP contribution < -0.4 is 5.32 Å². The monoisotopic (exact) mass is 392 g/mol. The van der Waals surface area contributed by atoms with Gasteiger partial charge in [0, 0.05) is 13.1 Å². The lowest BCUT2D eigenvalue weighted by Crippen LogP contribution is -2.35. The number of amides is 2. The summed E-state index contributed by atoms with van der Waals surface area (Å²) in [6, 6.07) is 3.49. The molecule has 1 N–H and O–H groups in total. The van der Waals surface area contributed by atoms with Gasteiger partial charge in [-0.05, 0) is 43.2 Å². The molecule has 0 aromatic carbocycles. The normalized spacial score (nSPS) is 14.2. The molecule has 6 nitrogen and oxygen atoms in total. The first kappa shape index (κ1) is 18.6. The summed E-state index contributed by atoms with van der Waals surface area (Å²) in [5, 5.41) is 4.93. The molecule has 0 radical (unpaired) electrons. The number of nitrogens with one attached hydrogen (secondary N) is 1. The molecule has 1 saturated heterocycles. The van der Waals surface area contributed by atoms with Crippen molar-refractivity contribution in [3.05, 3.63) is 38.4 Å². The topological polar surface area (TPSA) is 75.7 Å². The predicted octanol–water partition coefficient (Wildman–Crippen LogP) is 3.78. The van der Waals surface area contributed by atoms with E-state index < -0.39 is 5.97 Å². The van der Waals surface area contributed by atoms with Crippen molar-refractivity contribution >= 4 is 45.5 Å². The standard InChI is InChI=1S/C18H20N2O4S2/c1-11-13(18(23)24-2)16(19-15(21)12-7-6-10-25-12)26-14(11)17(22)20-8-4-3-5-9-20/h6-7,10H,3-5,8-9H2,1-2H3,(H,19,21). The highest BCUT2D eigenvalue weighted by Crippen LogP contribution is 2.35. The number of carbonyl (C=O) groups is 3. The molecule has 2 aromatic heterocycles. The van der Waals surface area contributed by atoms with E-state index >= 15 is 0 Å². The SMILES string of the molecule is COC(=O)c1c(NC(=O)c2cccs2)sc(C(=O)N2CCCCC2)c1C. The molecule has 26 heavy (non-hydrogen) atoms. The van der Waals surface area contributed by atoms with E-state index in [1.807, 2.05) is 4.90 Å². The number of thiophene rings is 2. The maximum atomic E-state index is 12.9. The molecule has 3 rings (SSSR count). The van der Waals surface area contributed by atoms with Crippen molar-refractivity contribution in [3.63, 3.8) is 0 Å². The largest absolute Gasteiger partial charge is 0.465 e. The molecular formula is C18H20N2O4S2. The molecule has 2 amide bonds. The Bertz CT molecular complexity index is 821. The molecule has 0 unspecified atom stereocenters. The molecule has 1 aliphatic rings. The Morgan fingerprint density at radius 3 is 2.54 bits per heavy atom. The maximum absolute atomic E-state index is 12.9. The van der Waals surface area contributed by atoms with Crippen LogP contribution in [0.3, 0.4) is 0 Å². The number of hydrogen-bond acceptors (Lipinski definition) is 6. The number of esters is 1. The number of hydrogen-bond donors (Lipinski definition) is 1. The molecule has 8 heteroatoms. The quantitative estimate of drug-likeness (QED) is 0.804. The van der Waals surface area contributed by atoms with E-state index in [1.165, 1.54) is 18.4 Å². The average molecular weight is 393 g/mol. The fraction of sp³-hybridized carbons (Fsp3) is 0.389. The smallest absolute Gasteiger partial charge is 0.341 e. The van der Waals surface area contributed by atoms with Gasteiger partial charge in [0.05, 0.1) is 22.4 Å². The van der Waals surface area contributed by atoms with E-state index in [9.17, 15) is 14.4 Å².